The first kappa shape index (κ1) is 17.0. The number of carbonyl (C=O) groups is 1. The molecule has 27 heavy (non-hydrogen) atoms. The molecule has 3 N–H and O–H groups in total. The van der Waals surface area contributed by atoms with Gasteiger partial charge in [-0.05, 0) is 43.3 Å². The van der Waals surface area contributed by atoms with Crippen molar-refractivity contribution in [3.05, 3.63) is 53.1 Å². The van der Waals surface area contributed by atoms with E-state index in [9.17, 15) is 4.79 Å². The van der Waals surface area contributed by atoms with Gasteiger partial charge >= 0.3 is 0 Å². The van der Waals surface area contributed by atoms with E-state index in [-0.39, 0.29) is 5.91 Å². The van der Waals surface area contributed by atoms with E-state index in [0.29, 0.717) is 27.0 Å². The standard InChI is InChI=1S/C19H16N4O3S/c1-10-9-15(23-26-10)22-18(24)17-16(20)13-7-8-14(21-19(13)27-17)11-3-5-12(25-2)6-4-11/h3-9H,20H2,1-2H3,(H,22,23,24). The number of methoxy groups -OCH3 is 1. The summed E-state index contributed by atoms with van der Waals surface area (Å²) in [4.78, 5) is 18.3. The SMILES string of the molecule is COc1ccc(-c2ccc3c(N)c(C(=O)Nc4cc(C)on4)sc3n2)cc1. The minimum Gasteiger partial charge on any atom is -0.497 e. The van der Waals surface area contributed by atoms with Crippen LogP contribution < -0.4 is 15.8 Å². The van der Waals surface area contributed by atoms with Gasteiger partial charge in [0.15, 0.2) is 5.82 Å². The van der Waals surface area contributed by atoms with Crippen LogP contribution in [0, 0.1) is 6.92 Å². The van der Waals surface area contributed by atoms with Gasteiger partial charge in [0.2, 0.25) is 0 Å². The highest BCUT2D eigenvalue weighted by molar-refractivity contribution is 7.21. The molecular weight excluding hydrogens is 364 g/mol. The zero-order chi connectivity index (χ0) is 19.0. The van der Waals surface area contributed by atoms with E-state index in [4.69, 9.17) is 15.0 Å². The van der Waals surface area contributed by atoms with Crippen LogP contribution in [0.5, 0.6) is 5.75 Å². The first-order chi connectivity index (χ1) is 13.0. The molecule has 0 radical (unpaired) electrons. The minimum atomic E-state index is -0.338. The zero-order valence-electron chi connectivity index (χ0n) is 14.6. The molecule has 8 heteroatoms. The number of aromatic nitrogens is 2. The van der Waals surface area contributed by atoms with Gasteiger partial charge in [-0.2, -0.15) is 0 Å². The van der Waals surface area contributed by atoms with E-state index in [0.717, 1.165) is 22.4 Å². The van der Waals surface area contributed by atoms with Crippen molar-refractivity contribution in [3.8, 4) is 17.0 Å². The van der Waals surface area contributed by atoms with Gasteiger partial charge < -0.3 is 20.3 Å². The average Bonchev–Trinajstić information content (AvgIpc) is 3.24. The fourth-order valence-corrected chi connectivity index (χ4v) is 3.68. The maximum atomic E-state index is 12.5. The van der Waals surface area contributed by atoms with Gasteiger partial charge in [0.1, 0.15) is 21.2 Å². The molecule has 7 nitrogen and oxygen atoms in total. The maximum absolute atomic E-state index is 12.5. The summed E-state index contributed by atoms with van der Waals surface area (Å²) < 4.78 is 10.1. The van der Waals surface area contributed by atoms with Crippen LogP contribution in [0.4, 0.5) is 11.5 Å². The summed E-state index contributed by atoms with van der Waals surface area (Å²) >= 11 is 1.24. The number of fused-ring (bicyclic) bond motifs is 1. The number of anilines is 2. The lowest BCUT2D eigenvalue weighted by Crippen LogP contribution is -2.12. The number of nitrogens with two attached hydrogens (primary N) is 1. The monoisotopic (exact) mass is 380 g/mol. The third kappa shape index (κ3) is 3.22. The Labute approximate surface area is 158 Å². The Bertz CT molecular complexity index is 1130. The van der Waals surface area contributed by atoms with Crippen molar-refractivity contribution < 1.29 is 14.1 Å². The molecular formula is C19H16N4O3S. The first-order valence-electron chi connectivity index (χ1n) is 8.13. The second kappa shape index (κ2) is 6.73. The van der Waals surface area contributed by atoms with Gasteiger partial charge in [0.05, 0.1) is 18.5 Å². The topological polar surface area (TPSA) is 103 Å². The molecule has 0 saturated heterocycles. The lowest BCUT2D eigenvalue weighted by Gasteiger charge is -2.03. The Hall–Kier alpha value is -3.39. The molecule has 1 amide bonds. The van der Waals surface area contributed by atoms with Crippen molar-refractivity contribution in [1.82, 2.24) is 10.1 Å². The fraction of sp³-hybridized carbons (Fsp3) is 0.105. The van der Waals surface area contributed by atoms with Crippen LogP contribution in [-0.2, 0) is 0 Å². The molecule has 0 atom stereocenters. The summed E-state index contributed by atoms with van der Waals surface area (Å²) in [6.07, 6.45) is 0. The number of nitrogen functional groups attached to an aromatic ring is 1. The molecule has 0 aliphatic rings. The number of hydrogen-bond acceptors (Lipinski definition) is 7. The molecule has 4 aromatic rings. The van der Waals surface area contributed by atoms with E-state index in [1.807, 2.05) is 36.4 Å². The maximum Gasteiger partial charge on any atom is 0.269 e. The number of rotatable bonds is 4. The van der Waals surface area contributed by atoms with Crippen molar-refractivity contribution in [2.45, 2.75) is 6.92 Å². The van der Waals surface area contributed by atoms with Crippen molar-refractivity contribution in [2.24, 2.45) is 0 Å². The number of pyridine rings is 1. The third-order valence-corrected chi connectivity index (χ3v) is 5.17. The average molecular weight is 380 g/mol. The number of nitrogens with zero attached hydrogens (tertiary/aromatic N) is 2. The highest BCUT2D eigenvalue weighted by atomic mass is 32.1. The first-order valence-corrected chi connectivity index (χ1v) is 8.95. The van der Waals surface area contributed by atoms with Crippen LogP contribution in [0.25, 0.3) is 21.5 Å². The molecule has 4 rings (SSSR count). The third-order valence-electron chi connectivity index (χ3n) is 4.06. The summed E-state index contributed by atoms with van der Waals surface area (Å²) in [5, 5.41) is 7.20. The molecule has 1 aromatic carbocycles. The second-order valence-corrected chi connectivity index (χ2v) is 6.90. The predicted molar refractivity (Wildman–Crippen MR) is 105 cm³/mol. The van der Waals surface area contributed by atoms with E-state index in [1.54, 1.807) is 20.1 Å². The van der Waals surface area contributed by atoms with E-state index < -0.39 is 0 Å². The Balaban J connectivity index is 1.67. The highest BCUT2D eigenvalue weighted by Gasteiger charge is 2.19. The van der Waals surface area contributed by atoms with Gasteiger partial charge in [-0.1, -0.05) is 5.16 Å². The number of carbonyl (C=O) groups excluding carboxylic acids is 1. The number of benzene rings is 1. The molecule has 0 bridgehead atoms. The Morgan fingerprint density at radius 1 is 1.22 bits per heavy atom. The largest absolute Gasteiger partial charge is 0.497 e. The van der Waals surface area contributed by atoms with Crippen LogP contribution in [0.1, 0.15) is 15.4 Å². The Kier molecular flexibility index (Phi) is 4.25. The quantitative estimate of drug-likeness (QED) is 0.552. The van der Waals surface area contributed by atoms with Gasteiger partial charge in [0.25, 0.3) is 5.91 Å². The van der Waals surface area contributed by atoms with Gasteiger partial charge in [-0.3, -0.25) is 4.79 Å². The summed E-state index contributed by atoms with van der Waals surface area (Å²) in [6.45, 7) is 1.75. The molecule has 0 aliphatic carbocycles. The van der Waals surface area contributed by atoms with Crippen LogP contribution in [0.3, 0.4) is 0 Å². The highest BCUT2D eigenvalue weighted by Crippen LogP contribution is 2.34. The van der Waals surface area contributed by atoms with Crippen LogP contribution >= 0.6 is 11.3 Å². The summed E-state index contributed by atoms with van der Waals surface area (Å²) in [5.41, 5.74) is 8.33. The Morgan fingerprint density at radius 3 is 2.67 bits per heavy atom. The molecule has 0 aliphatic heterocycles. The van der Waals surface area contributed by atoms with Crippen molar-refractivity contribution >= 4 is 39.0 Å². The van der Waals surface area contributed by atoms with Crippen LogP contribution in [0.2, 0.25) is 0 Å². The molecule has 136 valence electrons. The number of thiophene rings is 1. The summed E-state index contributed by atoms with van der Waals surface area (Å²) in [5.74, 6) is 1.40. The smallest absolute Gasteiger partial charge is 0.269 e. The zero-order valence-corrected chi connectivity index (χ0v) is 15.5. The van der Waals surface area contributed by atoms with E-state index >= 15 is 0 Å². The van der Waals surface area contributed by atoms with Gasteiger partial charge in [0, 0.05) is 17.0 Å². The summed E-state index contributed by atoms with van der Waals surface area (Å²) in [6, 6.07) is 13.0. The minimum absolute atomic E-state index is 0.338. The van der Waals surface area contributed by atoms with E-state index in [2.05, 4.69) is 15.5 Å². The second-order valence-electron chi connectivity index (χ2n) is 5.90. The molecule has 0 spiro atoms. The number of hydrogen-bond donors (Lipinski definition) is 2. The normalized spacial score (nSPS) is 10.9. The molecule has 3 aromatic heterocycles. The molecule has 0 unspecified atom stereocenters. The van der Waals surface area contributed by atoms with Crippen molar-refractivity contribution in [3.63, 3.8) is 0 Å². The van der Waals surface area contributed by atoms with Gasteiger partial charge in [-0.25, -0.2) is 4.98 Å². The molecule has 0 fully saturated rings. The van der Waals surface area contributed by atoms with Gasteiger partial charge in [-0.15, -0.1) is 11.3 Å². The van der Waals surface area contributed by atoms with Crippen LogP contribution in [-0.4, -0.2) is 23.2 Å². The summed E-state index contributed by atoms with van der Waals surface area (Å²) in [7, 11) is 1.63. The Morgan fingerprint density at radius 2 is 2.00 bits per heavy atom. The van der Waals surface area contributed by atoms with Crippen molar-refractivity contribution in [2.75, 3.05) is 18.2 Å². The number of ether oxygens (including phenoxy) is 1. The molecule has 3 heterocycles. The number of aryl methyl sites for hydroxylation is 1. The fourth-order valence-electron chi connectivity index (χ4n) is 2.69. The lowest BCUT2D eigenvalue weighted by atomic mass is 10.1. The van der Waals surface area contributed by atoms with Crippen LogP contribution in [0.15, 0.2) is 47.0 Å². The van der Waals surface area contributed by atoms with Crippen molar-refractivity contribution in [1.29, 1.82) is 0 Å². The number of amides is 1. The molecule has 0 saturated carbocycles. The predicted octanol–water partition coefficient (Wildman–Crippen LogP) is 4.10. The van der Waals surface area contributed by atoms with E-state index in [1.165, 1.54) is 11.3 Å². The lowest BCUT2D eigenvalue weighted by molar-refractivity contribution is 0.103. The number of nitrogens with one attached hydrogen (secondary N) is 1.